The first-order valence-electron chi connectivity index (χ1n) is 5.29. The summed E-state index contributed by atoms with van der Waals surface area (Å²) in [6, 6.07) is 7.22. The summed E-state index contributed by atoms with van der Waals surface area (Å²) >= 11 is 0. The molecule has 0 fully saturated rings. The zero-order chi connectivity index (χ0) is 12.5. The number of nitrogens with zero attached hydrogens (tertiary/aromatic N) is 1. The van der Waals surface area contributed by atoms with E-state index < -0.39 is 12.7 Å². The van der Waals surface area contributed by atoms with E-state index in [0.717, 1.165) is 10.9 Å². The molecule has 0 saturated heterocycles. The standard InChI is InChI=1S/C12H13F3N2/c1-16-7-10-4-2-3-9-5-6-17(11(9)10)8-12(13,14)15/h2-6,16H,7-8H2,1H3. The molecule has 0 radical (unpaired) electrons. The molecular weight excluding hydrogens is 229 g/mol. The third kappa shape index (κ3) is 2.61. The zero-order valence-electron chi connectivity index (χ0n) is 9.38. The number of alkyl halides is 3. The fourth-order valence-corrected chi connectivity index (χ4v) is 2.00. The number of hydrogen-bond donors (Lipinski definition) is 1. The van der Waals surface area contributed by atoms with Crippen LogP contribution in [0, 0.1) is 0 Å². The fourth-order valence-electron chi connectivity index (χ4n) is 2.00. The molecule has 0 bridgehead atoms. The van der Waals surface area contributed by atoms with Gasteiger partial charge in [-0.25, -0.2) is 0 Å². The van der Waals surface area contributed by atoms with Crippen molar-refractivity contribution in [3.05, 3.63) is 36.0 Å². The van der Waals surface area contributed by atoms with Crippen molar-refractivity contribution in [3.8, 4) is 0 Å². The van der Waals surface area contributed by atoms with Gasteiger partial charge >= 0.3 is 6.18 Å². The number of para-hydroxylation sites is 1. The third-order valence-corrected chi connectivity index (χ3v) is 2.59. The molecule has 5 heteroatoms. The van der Waals surface area contributed by atoms with Crippen LogP contribution in [0.4, 0.5) is 13.2 Å². The van der Waals surface area contributed by atoms with Crippen molar-refractivity contribution in [2.45, 2.75) is 19.3 Å². The molecule has 92 valence electrons. The van der Waals surface area contributed by atoms with Crippen molar-refractivity contribution in [2.75, 3.05) is 7.05 Å². The van der Waals surface area contributed by atoms with Crippen molar-refractivity contribution in [1.82, 2.24) is 9.88 Å². The number of nitrogens with one attached hydrogen (secondary N) is 1. The quantitative estimate of drug-likeness (QED) is 0.875. The lowest BCUT2D eigenvalue weighted by Crippen LogP contribution is -2.17. The molecule has 1 N–H and O–H groups in total. The van der Waals surface area contributed by atoms with E-state index in [9.17, 15) is 13.2 Å². The Morgan fingerprint density at radius 3 is 2.65 bits per heavy atom. The van der Waals surface area contributed by atoms with Crippen LogP contribution in [0.2, 0.25) is 0 Å². The molecule has 0 aliphatic heterocycles. The molecule has 0 atom stereocenters. The maximum atomic E-state index is 12.4. The molecule has 0 unspecified atom stereocenters. The first kappa shape index (κ1) is 12.0. The van der Waals surface area contributed by atoms with Gasteiger partial charge in [-0.2, -0.15) is 13.2 Å². The van der Waals surface area contributed by atoms with Crippen molar-refractivity contribution in [1.29, 1.82) is 0 Å². The molecule has 0 aliphatic carbocycles. The Kier molecular flexibility index (Phi) is 3.11. The van der Waals surface area contributed by atoms with Gasteiger partial charge in [0.2, 0.25) is 0 Å². The summed E-state index contributed by atoms with van der Waals surface area (Å²) in [5.74, 6) is 0. The van der Waals surface area contributed by atoms with Gasteiger partial charge in [-0.1, -0.05) is 18.2 Å². The van der Waals surface area contributed by atoms with Crippen molar-refractivity contribution >= 4 is 10.9 Å². The molecule has 2 aromatic rings. The number of rotatable bonds is 3. The highest BCUT2D eigenvalue weighted by molar-refractivity contribution is 5.83. The molecule has 2 rings (SSSR count). The van der Waals surface area contributed by atoms with Gasteiger partial charge in [-0.3, -0.25) is 0 Å². The van der Waals surface area contributed by atoms with Crippen LogP contribution in [-0.2, 0) is 13.1 Å². The van der Waals surface area contributed by atoms with E-state index in [0.29, 0.717) is 12.1 Å². The predicted molar refractivity (Wildman–Crippen MR) is 60.8 cm³/mol. The van der Waals surface area contributed by atoms with Crippen LogP contribution in [0.1, 0.15) is 5.56 Å². The lowest BCUT2D eigenvalue weighted by molar-refractivity contribution is -0.139. The summed E-state index contributed by atoms with van der Waals surface area (Å²) in [6.07, 6.45) is -2.71. The lowest BCUT2D eigenvalue weighted by Gasteiger charge is -2.11. The van der Waals surface area contributed by atoms with Crippen LogP contribution in [0.5, 0.6) is 0 Å². The number of benzene rings is 1. The second-order valence-corrected chi connectivity index (χ2v) is 3.94. The smallest absolute Gasteiger partial charge is 0.338 e. The van der Waals surface area contributed by atoms with Crippen LogP contribution in [0.15, 0.2) is 30.5 Å². The summed E-state index contributed by atoms with van der Waals surface area (Å²) < 4.78 is 38.5. The van der Waals surface area contributed by atoms with Gasteiger partial charge in [-0.15, -0.1) is 0 Å². The van der Waals surface area contributed by atoms with Crippen molar-refractivity contribution < 1.29 is 13.2 Å². The van der Waals surface area contributed by atoms with Crippen LogP contribution in [0.25, 0.3) is 10.9 Å². The Bertz CT molecular complexity index is 514. The number of hydrogen-bond acceptors (Lipinski definition) is 1. The highest BCUT2D eigenvalue weighted by atomic mass is 19.4. The summed E-state index contributed by atoms with van der Waals surface area (Å²) in [6.45, 7) is -0.392. The SMILES string of the molecule is CNCc1cccc2ccn(CC(F)(F)F)c12. The highest BCUT2D eigenvalue weighted by Gasteiger charge is 2.28. The average molecular weight is 242 g/mol. The maximum Gasteiger partial charge on any atom is 0.406 e. The molecule has 2 nitrogen and oxygen atoms in total. The van der Waals surface area contributed by atoms with Gasteiger partial charge in [0.1, 0.15) is 6.54 Å². The molecule has 0 spiro atoms. The van der Waals surface area contributed by atoms with Gasteiger partial charge in [0.15, 0.2) is 0 Å². The largest absolute Gasteiger partial charge is 0.406 e. The average Bonchev–Trinajstić information content (AvgIpc) is 2.61. The monoisotopic (exact) mass is 242 g/mol. The summed E-state index contributed by atoms with van der Waals surface area (Å²) in [4.78, 5) is 0. The Balaban J connectivity index is 2.49. The van der Waals surface area contributed by atoms with Gasteiger partial charge in [0, 0.05) is 12.7 Å². The molecule has 0 saturated carbocycles. The summed E-state index contributed by atoms with van der Waals surface area (Å²) in [5.41, 5.74) is 1.53. The van der Waals surface area contributed by atoms with E-state index >= 15 is 0 Å². The Morgan fingerprint density at radius 2 is 2.00 bits per heavy atom. The lowest BCUT2D eigenvalue weighted by atomic mass is 10.1. The maximum absolute atomic E-state index is 12.4. The Labute approximate surface area is 97.0 Å². The minimum atomic E-state index is -4.20. The fraction of sp³-hybridized carbons (Fsp3) is 0.333. The minimum absolute atomic E-state index is 0.555. The topological polar surface area (TPSA) is 17.0 Å². The van der Waals surface area contributed by atoms with Gasteiger partial charge in [-0.05, 0) is 24.1 Å². The highest BCUT2D eigenvalue weighted by Crippen LogP contribution is 2.25. The van der Waals surface area contributed by atoms with Gasteiger partial charge in [0.25, 0.3) is 0 Å². The second-order valence-electron chi connectivity index (χ2n) is 3.94. The van der Waals surface area contributed by atoms with Crippen LogP contribution in [0.3, 0.4) is 0 Å². The van der Waals surface area contributed by atoms with Crippen LogP contribution < -0.4 is 5.32 Å². The third-order valence-electron chi connectivity index (χ3n) is 2.59. The summed E-state index contributed by atoms with van der Waals surface area (Å²) in [5, 5.41) is 3.80. The number of halogens is 3. The first-order chi connectivity index (χ1) is 8.01. The van der Waals surface area contributed by atoms with E-state index in [1.807, 2.05) is 18.2 Å². The zero-order valence-corrected chi connectivity index (χ0v) is 9.38. The normalized spacial score (nSPS) is 12.2. The van der Waals surface area contributed by atoms with Gasteiger partial charge < -0.3 is 9.88 Å². The van der Waals surface area contributed by atoms with Gasteiger partial charge in [0.05, 0.1) is 5.52 Å². The Morgan fingerprint density at radius 1 is 1.24 bits per heavy atom. The summed E-state index contributed by atoms with van der Waals surface area (Å²) in [7, 11) is 1.77. The van der Waals surface area contributed by atoms with E-state index in [2.05, 4.69) is 5.32 Å². The molecule has 1 aromatic carbocycles. The van der Waals surface area contributed by atoms with Crippen molar-refractivity contribution in [2.24, 2.45) is 0 Å². The van der Waals surface area contributed by atoms with Crippen molar-refractivity contribution in [3.63, 3.8) is 0 Å². The number of fused-ring (bicyclic) bond motifs is 1. The minimum Gasteiger partial charge on any atom is -0.338 e. The van der Waals surface area contributed by atoms with E-state index in [1.54, 1.807) is 13.1 Å². The molecule has 1 aromatic heterocycles. The number of aromatic nitrogens is 1. The second kappa shape index (κ2) is 4.41. The molecule has 0 amide bonds. The predicted octanol–water partition coefficient (Wildman–Crippen LogP) is 2.92. The van der Waals surface area contributed by atoms with E-state index in [4.69, 9.17) is 0 Å². The molecule has 0 aliphatic rings. The molecule has 1 heterocycles. The first-order valence-corrected chi connectivity index (χ1v) is 5.29. The Hall–Kier alpha value is -1.49. The molecular formula is C12H13F3N2. The van der Waals surface area contributed by atoms with Crippen LogP contribution >= 0.6 is 0 Å². The van der Waals surface area contributed by atoms with Crippen LogP contribution in [-0.4, -0.2) is 17.8 Å². The van der Waals surface area contributed by atoms with E-state index in [-0.39, 0.29) is 0 Å². The van der Waals surface area contributed by atoms with E-state index in [1.165, 1.54) is 10.8 Å². The molecule has 17 heavy (non-hydrogen) atoms.